The third-order valence-corrected chi connectivity index (χ3v) is 5.50. The first-order chi connectivity index (χ1) is 12.8. The summed E-state index contributed by atoms with van der Waals surface area (Å²) in [6, 6.07) is 13.6. The summed E-state index contributed by atoms with van der Waals surface area (Å²) in [5, 5.41) is 4.18. The van der Waals surface area contributed by atoms with E-state index in [4.69, 9.17) is 0 Å². The number of rotatable bonds is 4. The Balaban J connectivity index is 1.84. The van der Waals surface area contributed by atoms with Crippen molar-refractivity contribution in [2.45, 2.75) is 52.5 Å². The molecule has 2 aromatic rings. The van der Waals surface area contributed by atoms with Crippen LogP contribution >= 0.6 is 0 Å². The van der Waals surface area contributed by atoms with Crippen LogP contribution in [-0.4, -0.2) is 24.2 Å². The molecule has 142 valence electrons. The first kappa shape index (κ1) is 19.2. The lowest BCUT2D eigenvalue weighted by Gasteiger charge is -2.47. The Morgan fingerprint density at radius 1 is 1.30 bits per heavy atom. The summed E-state index contributed by atoms with van der Waals surface area (Å²) < 4.78 is 0. The lowest BCUT2D eigenvalue weighted by Crippen LogP contribution is -2.48. The van der Waals surface area contributed by atoms with E-state index < -0.39 is 0 Å². The third kappa shape index (κ3) is 3.90. The van der Waals surface area contributed by atoms with E-state index in [1.807, 2.05) is 18.2 Å². The molecule has 0 spiro atoms. The molecule has 4 heteroatoms. The number of benzene rings is 2. The van der Waals surface area contributed by atoms with Gasteiger partial charge in [0, 0.05) is 23.3 Å². The van der Waals surface area contributed by atoms with Crippen LogP contribution in [0.4, 0.5) is 5.69 Å². The average Bonchev–Trinajstić information content (AvgIpc) is 2.63. The summed E-state index contributed by atoms with van der Waals surface area (Å²) in [4.78, 5) is 14.6. The van der Waals surface area contributed by atoms with E-state index in [2.05, 4.69) is 62.2 Å². The molecule has 1 heterocycles. The van der Waals surface area contributed by atoms with E-state index in [0.29, 0.717) is 11.5 Å². The predicted octanol–water partition coefficient (Wildman–Crippen LogP) is 4.87. The first-order valence-electron chi connectivity index (χ1n) is 9.64. The lowest BCUT2D eigenvalue weighted by atomic mass is 9.79. The van der Waals surface area contributed by atoms with Crippen LogP contribution < -0.4 is 10.3 Å². The van der Waals surface area contributed by atoms with Crippen LogP contribution in [0.2, 0.25) is 0 Å². The van der Waals surface area contributed by atoms with Gasteiger partial charge in [-0.15, -0.1) is 0 Å². The molecule has 0 unspecified atom stereocenters. The molecule has 1 atom stereocenters. The Morgan fingerprint density at radius 3 is 2.67 bits per heavy atom. The molecule has 1 amide bonds. The Labute approximate surface area is 162 Å². The molecule has 27 heavy (non-hydrogen) atoms. The van der Waals surface area contributed by atoms with Gasteiger partial charge in [0.1, 0.15) is 0 Å². The van der Waals surface area contributed by atoms with Crippen LogP contribution in [0.5, 0.6) is 0 Å². The minimum Gasteiger partial charge on any atom is -0.366 e. The third-order valence-electron chi connectivity index (χ3n) is 5.50. The van der Waals surface area contributed by atoms with Gasteiger partial charge >= 0.3 is 0 Å². The lowest BCUT2D eigenvalue weighted by molar-refractivity contribution is 0.0955. The van der Waals surface area contributed by atoms with Crippen molar-refractivity contribution in [3.63, 3.8) is 0 Å². The zero-order valence-electron chi connectivity index (χ0n) is 16.9. The maximum absolute atomic E-state index is 12.1. The highest BCUT2D eigenvalue weighted by atomic mass is 16.2. The van der Waals surface area contributed by atoms with Crippen molar-refractivity contribution in [2.24, 2.45) is 5.10 Å². The van der Waals surface area contributed by atoms with E-state index in [9.17, 15) is 4.79 Å². The van der Waals surface area contributed by atoms with E-state index in [-0.39, 0.29) is 11.4 Å². The van der Waals surface area contributed by atoms with Crippen molar-refractivity contribution >= 4 is 17.8 Å². The van der Waals surface area contributed by atoms with Gasteiger partial charge in [-0.25, -0.2) is 5.43 Å². The quantitative estimate of drug-likeness (QED) is 0.622. The van der Waals surface area contributed by atoms with Crippen LogP contribution in [0, 0.1) is 6.92 Å². The maximum atomic E-state index is 12.1. The van der Waals surface area contributed by atoms with Crippen molar-refractivity contribution in [1.29, 1.82) is 0 Å². The molecule has 0 aromatic heterocycles. The molecule has 0 bridgehead atoms. The summed E-state index contributed by atoms with van der Waals surface area (Å²) in [7, 11) is 0. The van der Waals surface area contributed by atoms with Gasteiger partial charge in [-0.1, -0.05) is 25.1 Å². The van der Waals surface area contributed by atoms with E-state index in [1.54, 1.807) is 18.3 Å². The van der Waals surface area contributed by atoms with E-state index in [0.717, 1.165) is 24.1 Å². The fourth-order valence-electron chi connectivity index (χ4n) is 4.20. The molecule has 0 saturated heterocycles. The number of hydrogen-bond donors (Lipinski definition) is 1. The zero-order chi connectivity index (χ0) is 19.6. The molecular weight excluding hydrogens is 334 g/mol. The maximum Gasteiger partial charge on any atom is 0.271 e. The van der Waals surface area contributed by atoms with Gasteiger partial charge < -0.3 is 4.90 Å². The number of anilines is 1. The second-order valence-corrected chi connectivity index (χ2v) is 7.99. The van der Waals surface area contributed by atoms with Crippen LogP contribution in [0.25, 0.3) is 0 Å². The summed E-state index contributed by atoms with van der Waals surface area (Å²) in [5.74, 6) is 0.291. The monoisotopic (exact) mass is 363 g/mol. The topological polar surface area (TPSA) is 44.7 Å². The molecule has 0 radical (unpaired) electrons. The number of carbonyl (C=O) groups excluding carboxylic acids is 1. The summed E-state index contributed by atoms with van der Waals surface area (Å²) in [6.07, 6.45) is 2.87. The number of nitrogens with one attached hydrogen (secondary N) is 1. The average molecular weight is 364 g/mol. The fourth-order valence-corrected chi connectivity index (χ4v) is 4.20. The van der Waals surface area contributed by atoms with Crippen molar-refractivity contribution in [1.82, 2.24) is 5.43 Å². The number of amides is 1. The molecular formula is C23H29N3O. The summed E-state index contributed by atoms with van der Waals surface area (Å²) >= 11 is 0. The Morgan fingerprint density at radius 2 is 2.00 bits per heavy atom. The van der Waals surface area contributed by atoms with Crippen LogP contribution in [-0.2, 0) is 0 Å². The first-order valence-corrected chi connectivity index (χ1v) is 9.64. The summed E-state index contributed by atoms with van der Waals surface area (Å²) in [6.45, 7) is 12.2. The molecule has 2 aromatic carbocycles. The molecule has 1 aliphatic heterocycles. The predicted molar refractivity (Wildman–Crippen MR) is 113 cm³/mol. The molecule has 4 nitrogen and oxygen atoms in total. The van der Waals surface area contributed by atoms with Crippen molar-refractivity contribution < 1.29 is 4.79 Å². The number of aryl methyl sites for hydroxylation is 1. The molecule has 0 fully saturated rings. The van der Waals surface area contributed by atoms with Crippen molar-refractivity contribution in [2.75, 3.05) is 11.4 Å². The minimum absolute atomic E-state index is 0.160. The second kappa shape index (κ2) is 7.55. The molecule has 1 N–H and O–H groups in total. The zero-order valence-corrected chi connectivity index (χ0v) is 16.9. The van der Waals surface area contributed by atoms with Crippen molar-refractivity contribution in [3.8, 4) is 0 Å². The van der Waals surface area contributed by atoms with Gasteiger partial charge in [-0.2, -0.15) is 5.10 Å². The molecule has 3 rings (SSSR count). The van der Waals surface area contributed by atoms with Crippen LogP contribution in [0.15, 0.2) is 47.6 Å². The SMILES string of the molecule is CCN1c2cc(C)c(/C=N\NC(=O)c3ccccc3)cc2[C@H](C)CC1(C)C. The Kier molecular flexibility index (Phi) is 5.36. The number of hydrogen-bond acceptors (Lipinski definition) is 3. The Hall–Kier alpha value is -2.62. The largest absolute Gasteiger partial charge is 0.366 e. The second-order valence-electron chi connectivity index (χ2n) is 7.99. The van der Waals surface area contributed by atoms with E-state index in [1.165, 1.54) is 11.3 Å². The number of hydrazone groups is 1. The van der Waals surface area contributed by atoms with Crippen LogP contribution in [0.1, 0.15) is 67.1 Å². The molecule has 0 aliphatic carbocycles. The minimum atomic E-state index is -0.199. The fraction of sp³-hybridized carbons (Fsp3) is 0.391. The standard InChI is InChI=1S/C23H29N3O/c1-6-26-21-12-16(2)19(13-20(21)17(3)14-23(26,4)5)15-24-25-22(27)18-10-8-7-9-11-18/h7-13,15,17H,6,14H2,1-5H3,(H,25,27)/b24-15-/t17-/m1/s1. The van der Waals surface area contributed by atoms with Crippen LogP contribution in [0.3, 0.4) is 0 Å². The van der Waals surface area contributed by atoms with Gasteiger partial charge in [0.25, 0.3) is 5.91 Å². The number of fused-ring (bicyclic) bond motifs is 1. The van der Waals surface area contributed by atoms with Crippen molar-refractivity contribution in [3.05, 3.63) is 64.7 Å². The van der Waals surface area contributed by atoms with Gasteiger partial charge in [0.15, 0.2) is 0 Å². The smallest absolute Gasteiger partial charge is 0.271 e. The number of carbonyl (C=O) groups is 1. The molecule has 1 aliphatic rings. The molecule has 0 saturated carbocycles. The van der Waals surface area contributed by atoms with Gasteiger partial charge in [-0.05, 0) is 81.0 Å². The highest BCUT2D eigenvalue weighted by molar-refractivity contribution is 5.95. The summed E-state index contributed by atoms with van der Waals surface area (Å²) in [5.41, 5.74) is 8.27. The highest BCUT2D eigenvalue weighted by Crippen LogP contribution is 2.43. The van der Waals surface area contributed by atoms with Gasteiger partial charge in [0.05, 0.1) is 6.21 Å². The van der Waals surface area contributed by atoms with E-state index >= 15 is 0 Å². The Bertz CT molecular complexity index is 855. The van der Waals surface area contributed by atoms with Gasteiger partial charge in [-0.3, -0.25) is 4.79 Å². The van der Waals surface area contributed by atoms with Gasteiger partial charge in [0.2, 0.25) is 0 Å². The normalized spacial score (nSPS) is 18.4. The highest BCUT2D eigenvalue weighted by Gasteiger charge is 2.35. The number of nitrogens with zero attached hydrogens (tertiary/aromatic N) is 2.